The molecule has 2 heterocycles. The Morgan fingerprint density at radius 3 is 2.34 bits per heavy atom. The summed E-state index contributed by atoms with van der Waals surface area (Å²) in [7, 11) is 0. The van der Waals surface area contributed by atoms with E-state index in [9.17, 15) is 13.2 Å². The molecular weight excluding hydrogens is 381 g/mol. The van der Waals surface area contributed by atoms with Crippen LogP contribution < -0.4 is 0 Å². The summed E-state index contributed by atoms with van der Waals surface area (Å²) >= 11 is 0. The third kappa shape index (κ3) is 2.85. The van der Waals surface area contributed by atoms with Gasteiger partial charge in [-0.25, -0.2) is 0 Å². The number of rotatable bonds is 2. The van der Waals surface area contributed by atoms with E-state index in [1.165, 1.54) is 0 Å². The smallest absolute Gasteiger partial charge is 0.355 e. The first kappa shape index (κ1) is 17.7. The van der Waals surface area contributed by atoms with Crippen molar-refractivity contribution in [3.05, 3.63) is 70.8 Å². The van der Waals surface area contributed by atoms with Gasteiger partial charge in [0.2, 0.25) is 0 Å². The van der Waals surface area contributed by atoms with Crippen molar-refractivity contribution in [3.8, 4) is 34.0 Å². The zero-order valence-electron chi connectivity index (χ0n) is 15.4. The molecule has 0 atom stereocenters. The van der Waals surface area contributed by atoms with E-state index in [2.05, 4.69) is 16.4 Å². The number of hydrogen-bond acceptors (Lipinski definition) is 4. The standard InChI is InChI=1S/C22H15F3N2O2/c1-12-7-9-15-14(11-12)8-10-16-18(15)26-29-21(16)19-17(22(23,24)25)20(28-27-19)13-5-3-2-4-6-13/h2-7,9,11H,8,10H2,1H3. The van der Waals surface area contributed by atoms with Gasteiger partial charge in [0, 0.05) is 16.7 Å². The predicted octanol–water partition coefficient (Wildman–Crippen LogP) is 6.09. The van der Waals surface area contributed by atoms with Gasteiger partial charge in [-0.2, -0.15) is 13.2 Å². The van der Waals surface area contributed by atoms with E-state index in [0.29, 0.717) is 29.7 Å². The Hall–Kier alpha value is -3.35. The zero-order valence-corrected chi connectivity index (χ0v) is 15.4. The Kier molecular flexibility index (Phi) is 3.87. The van der Waals surface area contributed by atoms with Crippen LogP contribution in [0.1, 0.15) is 22.3 Å². The van der Waals surface area contributed by atoms with Gasteiger partial charge in [0.05, 0.1) is 0 Å². The lowest BCUT2D eigenvalue weighted by Gasteiger charge is -2.15. The Morgan fingerprint density at radius 2 is 1.59 bits per heavy atom. The summed E-state index contributed by atoms with van der Waals surface area (Å²) in [5.41, 5.74) is 3.30. The van der Waals surface area contributed by atoms with Gasteiger partial charge in [-0.1, -0.05) is 64.4 Å². The van der Waals surface area contributed by atoms with E-state index in [1.54, 1.807) is 30.3 Å². The maximum atomic E-state index is 14.0. The van der Waals surface area contributed by atoms with Gasteiger partial charge in [-0.15, -0.1) is 0 Å². The summed E-state index contributed by atoms with van der Waals surface area (Å²) in [4.78, 5) is 0. The summed E-state index contributed by atoms with van der Waals surface area (Å²) in [5.74, 6) is -0.311. The molecule has 0 spiro atoms. The Bertz CT molecular complexity index is 1210. The van der Waals surface area contributed by atoms with Crippen molar-refractivity contribution in [1.29, 1.82) is 0 Å². The molecule has 4 nitrogen and oxygen atoms in total. The molecule has 2 aromatic heterocycles. The van der Waals surface area contributed by atoms with Crippen LogP contribution in [0.3, 0.4) is 0 Å². The van der Waals surface area contributed by atoms with Crippen LogP contribution in [0.15, 0.2) is 57.6 Å². The molecule has 0 unspecified atom stereocenters. The van der Waals surface area contributed by atoms with Gasteiger partial charge >= 0.3 is 6.18 Å². The normalized spacial score (nSPS) is 13.2. The summed E-state index contributed by atoms with van der Waals surface area (Å²) in [6.07, 6.45) is -3.44. The van der Waals surface area contributed by atoms with Gasteiger partial charge in [-0.05, 0) is 25.3 Å². The number of aromatic nitrogens is 2. The summed E-state index contributed by atoms with van der Waals surface area (Å²) in [6, 6.07) is 14.1. The highest BCUT2D eigenvalue weighted by Gasteiger charge is 2.43. The highest BCUT2D eigenvalue weighted by Crippen LogP contribution is 2.46. The molecule has 0 saturated carbocycles. The zero-order chi connectivity index (χ0) is 20.2. The van der Waals surface area contributed by atoms with Crippen LogP contribution in [0.25, 0.3) is 34.0 Å². The van der Waals surface area contributed by atoms with E-state index in [-0.39, 0.29) is 17.2 Å². The van der Waals surface area contributed by atoms with E-state index in [0.717, 1.165) is 16.7 Å². The molecule has 29 heavy (non-hydrogen) atoms. The summed E-state index contributed by atoms with van der Waals surface area (Å²) in [5, 5.41) is 7.84. The van der Waals surface area contributed by atoms with E-state index in [4.69, 9.17) is 9.05 Å². The quantitative estimate of drug-likeness (QED) is 0.411. The first-order valence-electron chi connectivity index (χ1n) is 9.14. The SMILES string of the molecule is Cc1ccc2c(c1)CCc1c-2noc1-c1noc(-c2ccccc2)c1C(F)(F)F. The number of nitrogens with zero attached hydrogens (tertiary/aromatic N) is 2. The fourth-order valence-corrected chi connectivity index (χ4v) is 3.85. The van der Waals surface area contributed by atoms with Gasteiger partial charge < -0.3 is 9.05 Å². The fourth-order valence-electron chi connectivity index (χ4n) is 3.85. The lowest BCUT2D eigenvalue weighted by molar-refractivity contribution is -0.136. The molecule has 2 aromatic carbocycles. The molecular formula is C22H15F3N2O2. The largest absolute Gasteiger partial charge is 0.422 e. The molecule has 146 valence electrons. The van der Waals surface area contributed by atoms with Gasteiger partial charge in [0.15, 0.2) is 17.2 Å². The lowest BCUT2D eigenvalue weighted by Crippen LogP contribution is -2.08. The van der Waals surface area contributed by atoms with Crippen LogP contribution in [0.4, 0.5) is 13.2 Å². The van der Waals surface area contributed by atoms with E-state index >= 15 is 0 Å². The van der Waals surface area contributed by atoms with Gasteiger partial charge in [-0.3, -0.25) is 0 Å². The van der Waals surface area contributed by atoms with Gasteiger partial charge in [0.1, 0.15) is 11.3 Å². The molecule has 0 fully saturated rings. The van der Waals surface area contributed by atoms with Crippen molar-refractivity contribution in [2.75, 3.05) is 0 Å². The van der Waals surface area contributed by atoms with Crippen LogP contribution in [0, 0.1) is 6.92 Å². The first-order chi connectivity index (χ1) is 13.9. The molecule has 0 aliphatic heterocycles. The van der Waals surface area contributed by atoms with Crippen molar-refractivity contribution in [3.63, 3.8) is 0 Å². The average molecular weight is 396 g/mol. The second-order valence-corrected chi connectivity index (χ2v) is 7.10. The molecule has 0 N–H and O–H groups in total. The van der Waals surface area contributed by atoms with Crippen molar-refractivity contribution in [1.82, 2.24) is 10.3 Å². The van der Waals surface area contributed by atoms with Crippen molar-refractivity contribution in [2.45, 2.75) is 25.9 Å². The van der Waals surface area contributed by atoms with Crippen LogP contribution >= 0.6 is 0 Å². The highest BCUT2D eigenvalue weighted by molar-refractivity contribution is 5.79. The Balaban J connectivity index is 1.69. The second kappa shape index (κ2) is 6.34. The van der Waals surface area contributed by atoms with Crippen LogP contribution in [0.5, 0.6) is 0 Å². The minimum absolute atomic E-state index is 0.0180. The molecule has 4 aromatic rings. The maximum Gasteiger partial charge on any atom is 0.422 e. The van der Waals surface area contributed by atoms with Gasteiger partial charge in [0.25, 0.3) is 0 Å². The molecule has 0 amide bonds. The van der Waals surface area contributed by atoms with Crippen molar-refractivity contribution in [2.24, 2.45) is 0 Å². The minimum atomic E-state index is -4.66. The van der Waals surface area contributed by atoms with Crippen molar-refractivity contribution < 1.29 is 22.2 Å². The third-order valence-corrected chi connectivity index (χ3v) is 5.17. The van der Waals surface area contributed by atoms with Crippen LogP contribution in [-0.2, 0) is 19.0 Å². The third-order valence-electron chi connectivity index (χ3n) is 5.17. The molecule has 0 bridgehead atoms. The monoisotopic (exact) mass is 396 g/mol. The number of alkyl halides is 3. The van der Waals surface area contributed by atoms with Crippen LogP contribution in [0.2, 0.25) is 0 Å². The maximum absolute atomic E-state index is 14.0. The fraction of sp³-hybridized carbons (Fsp3) is 0.182. The molecule has 1 aliphatic carbocycles. The number of halogens is 3. The van der Waals surface area contributed by atoms with Crippen LogP contribution in [-0.4, -0.2) is 10.3 Å². The number of hydrogen-bond donors (Lipinski definition) is 0. The topological polar surface area (TPSA) is 52.1 Å². The second-order valence-electron chi connectivity index (χ2n) is 7.10. The Morgan fingerprint density at radius 1 is 0.862 bits per heavy atom. The Labute approximate surface area is 163 Å². The average Bonchev–Trinajstić information content (AvgIpc) is 3.32. The minimum Gasteiger partial charge on any atom is -0.355 e. The van der Waals surface area contributed by atoms with E-state index < -0.39 is 11.7 Å². The molecule has 0 radical (unpaired) electrons. The molecule has 1 aliphatic rings. The van der Waals surface area contributed by atoms with Crippen molar-refractivity contribution >= 4 is 0 Å². The highest BCUT2D eigenvalue weighted by atomic mass is 19.4. The molecule has 7 heteroatoms. The molecule has 5 rings (SSSR count). The summed E-state index contributed by atoms with van der Waals surface area (Å²) < 4.78 is 52.5. The number of aryl methyl sites for hydroxylation is 2. The number of fused-ring (bicyclic) bond motifs is 3. The predicted molar refractivity (Wildman–Crippen MR) is 100 cm³/mol. The lowest BCUT2D eigenvalue weighted by atomic mass is 9.87. The first-order valence-corrected chi connectivity index (χ1v) is 9.14. The number of benzene rings is 2. The van der Waals surface area contributed by atoms with E-state index in [1.807, 2.05) is 19.1 Å². The molecule has 0 saturated heterocycles. The summed E-state index contributed by atoms with van der Waals surface area (Å²) in [6.45, 7) is 2.00.